The molecule has 8 heteroatoms. The molecule has 1 aromatic carbocycles. The van der Waals surface area contributed by atoms with Crippen LogP contribution in [-0.2, 0) is 9.53 Å². The van der Waals surface area contributed by atoms with Crippen molar-refractivity contribution in [2.75, 3.05) is 66.5 Å². The van der Waals surface area contributed by atoms with Gasteiger partial charge in [0, 0.05) is 50.5 Å². The molecule has 1 amide bonds. The summed E-state index contributed by atoms with van der Waals surface area (Å²) in [7, 11) is 4.87. The average molecular weight is 397 g/mol. The molecule has 1 atom stereocenters. The summed E-state index contributed by atoms with van der Waals surface area (Å²) in [6.07, 6.45) is 0.561. The Morgan fingerprint density at radius 1 is 1.07 bits per heavy atom. The highest BCUT2D eigenvalue weighted by Crippen LogP contribution is 2.47. The molecule has 3 rings (SSSR count). The van der Waals surface area contributed by atoms with Gasteiger partial charge in [0.15, 0.2) is 0 Å². The van der Waals surface area contributed by atoms with Crippen molar-refractivity contribution in [1.82, 2.24) is 9.80 Å². The number of hydrogen-bond acceptors (Lipinski definition) is 7. The molecule has 0 radical (unpaired) electrons. The van der Waals surface area contributed by atoms with Crippen LogP contribution >= 0.6 is 11.8 Å². The Labute approximate surface area is 164 Å². The Balaban J connectivity index is 1.86. The molecule has 0 bridgehead atoms. The van der Waals surface area contributed by atoms with Crippen LogP contribution in [-0.4, -0.2) is 82.2 Å². The Bertz CT molecular complexity index is 626. The van der Waals surface area contributed by atoms with Gasteiger partial charge in [0.25, 0.3) is 0 Å². The van der Waals surface area contributed by atoms with E-state index in [1.165, 1.54) is 0 Å². The van der Waals surface area contributed by atoms with Crippen LogP contribution in [0, 0.1) is 0 Å². The molecular weight excluding hydrogens is 368 g/mol. The quantitative estimate of drug-likeness (QED) is 0.699. The molecule has 7 nitrogen and oxygen atoms in total. The van der Waals surface area contributed by atoms with E-state index in [2.05, 4.69) is 4.90 Å². The third-order valence-corrected chi connectivity index (χ3v) is 6.20. The monoisotopic (exact) mass is 396 g/mol. The Morgan fingerprint density at radius 2 is 1.74 bits per heavy atom. The van der Waals surface area contributed by atoms with Crippen LogP contribution in [0.2, 0.25) is 0 Å². The van der Waals surface area contributed by atoms with E-state index in [-0.39, 0.29) is 11.3 Å². The Kier molecular flexibility index (Phi) is 7.09. The number of hydrogen-bond donors (Lipinski definition) is 0. The first kappa shape index (κ1) is 20.1. The number of carbonyl (C=O) groups is 1. The highest BCUT2D eigenvalue weighted by atomic mass is 32.2. The van der Waals surface area contributed by atoms with Crippen molar-refractivity contribution in [3.8, 4) is 17.2 Å². The first-order valence-electron chi connectivity index (χ1n) is 9.19. The SMILES string of the molecule is COc1cc(OC)c(C2SCCC(=O)N2CCN2CCOCC2)c(OC)c1. The zero-order chi connectivity index (χ0) is 19.2. The first-order chi connectivity index (χ1) is 13.2. The lowest BCUT2D eigenvalue weighted by atomic mass is 10.1. The molecule has 2 aliphatic rings. The molecule has 0 saturated carbocycles. The predicted octanol–water partition coefficient (Wildman–Crippen LogP) is 2.01. The average Bonchev–Trinajstić information content (AvgIpc) is 2.72. The number of rotatable bonds is 7. The van der Waals surface area contributed by atoms with E-state index in [4.69, 9.17) is 18.9 Å². The largest absolute Gasteiger partial charge is 0.496 e. The fourth-order valence-electron chi connectivity index (χ4n) is 3.45. The molecular formula is C19H28N2O5S. The van der Waals surface area contributed by atoms with E-state index < -0.39 is 0 Å². The predicted molar refractivity (Wildman–Crippen MR) is 105 cm³/mol. The maximum atomic E-state index is 12.7. The van der Waals surface area contributed by atoms with Crippen molar-refractivity contribution in [2.24, 2.45) is 0 Å². The number of nitrogens with zero attached hydrogens (tertiary/aromatic N) is 2. The summed E-state index contributed by atoms with van der Waals surface area (Å²) in [5, 5.41) is -0.136. The minimum absolute atomic E-state index is 0.136. The third-order valence-electron chi connectivity index (χ3n) is 4.96. The molecule has 27 heavy (non-hydrogen) atoms. The number of benzene rings is 1. The molecule has 0 N–H and O–H groups in total. The van der Waals surface area contributed by atoms with Gasteiger partial charge >= 0.3 is 0 Å². The zero-order valence-electron chi connectivity index (χ0n) is 16.2. The van der Waals surface area contributed by atoms with E-state index in [9.17, 15) is 4.79 Å². The van der Waals surface area contributed by atoms with E-state index in [1.54, 1.807) is 33.1 Å². The van der Waals surface area contributed by atoms with Crippen LogP contribution in [0.1, 0.15) is 17.4 Å². The van der Waals surface area contributed by atoms with Gasteiger partial charge in [-0.05, 0) is 0 Å². The van der Waals surface area contributed by atoms with Gasteiger partial charge in [-0.1, -0.05) is 0 Å². The first-order valence-corrected chi connectivity index (χ1v) is 10.2. The van der Waals surface area contributed by atoms with Crippen LogP contribution < -0.4 is 14.2 Å². The smallest absolute Gasteiger partial charge is 0.224 e. The summed E-state index contributed by atoms with van der Waals surface area (Å²) >= 11 is 1.75. The molecule has 2 fully saturated rings. The number of thioether (sulfide) groups is 1. The lowest BCUT2D eigenvalue weighted by Gasteiger charge is -2.38. The van der Waals surface area contributed by atoms with E-state index in [0.717, 1.165) is 44.2 Å². The van der Waals surface area contributed by atoms with Gasteiger partial charge in [0.2, 0.25) is 5.91 Å². The van der Waals surface area contributed by atoms with Crippen molar-refractivity contribution in [3.63, 3.8) is 0 Å². The fraction of sp³-hybridized carbons (Fsp3) is 0.632. The minimum Gasteiger partial charge on any atom is -0.496 e. The second kappa shape index (κ2) is 9.52. The van der Waals surface area contributed by atoms with Crippen molar-refractivity contribution in [3.05, 3.63) is 17.7 Å². The van der Waals surface area contributed by atoms with E-state index in [0.29, 0.717) is 30.2 Å². The minimum atomic E-state index is -0.136. The summed E-state index contributed by atoms with van der Waals surface area (Å²) in [5.41, 5.74) is 0.890. The summed E-state index contributed by atoms with van der Waals surface area (Å²) in [5.74, 6) is 2.98. The molecule has 0 aromatic heterocycles. The Hall–Kier alpha value is -1.64. The van der Waals surface area contributed by atoms with Gasteiger partial charge in [0.1, 0.15) is 22.6 Å². The molecule has 1 unspecified atom stereocenters. The molecule has 0 spiro atoms. The van der Waals surface area contributed by atoms with Crippen molar-refractivity contribution in [2.45, 2.75) is 11.8 Å². The number of methoxy groups -OCH3 is 3. The van der Waals surface area contributed by atoms with Gasteiger partial charge in [-0.2, -0.15) is 0 Å². The van der Waals surface area contributed by atoms with Crippen molar-refractivity contribution >= 4 is 17.7 Å². The third kappa shape index (κ3) is 4.62. The fourth-order valence-corrected chi connectivity index (χ4v) is 4.77. The van der Waals surface area contributed by atoms with Crippen LogP contribution in [0.4, 0.5) is 0 Å². The topological polar surface area (TPSA) is 60.5 Å². The molecule has 2 heterocycles. The van der Waals surface area contributed by atoms with E-state index in [1.807, 2.05) is 17.0 Å². The van der Waals surface area contributed by atoms with Crippen molar-refractivity contribution < 1.29 is 23.7 Å². The number of ether oxygens (including phenoxy) is 4. The van der Waals surface area contributed by atoms with E-state index >= 15 is 0 Å². The second-order valence-corrected chi connectivity index (χ2v) is 7.65. The zero-order valence-corrected chi connectivity index (χ0v) is 17.0. The lowest BCUT2D eigenvalue weighted by Crippen LogP contribution is -2.45. The van der Waals surface area contributed by atoms with Crippen LogP contribution in [0.3, 0.4) is 0 Å². The Morgan fingerprint density at radius 3 is 2.33 bits per heavy atom. The van der Waals surface area contributed by atoms with Crippen LogP contribution in [0.25, 0.3) is 0 Å². The molecule has 0 aliphatic carbocycles. The maximum absolute atomic E-state index is 12.7. The second-order valence-electron chi connectivity index (χ2n) is 6.46. The molecule has 1 aromatic rings. The molecule has 2 aliphatic heterocycles. The lowest BCUT2D eigenvalue weighted by molar-refractivity contribution is -0.132. The summed E-state index contributed by atoms with van der Waals surface area (Å²) < 4.78 is 22.0. The molecule has 150 valence electrons. The van der Waals surface area contributed by atoms with Crippen LogP contribution in [0.15, 0.2) is 12.1 Å². The van der Waals surface area contributed by atoms with Gasteiger partial charge < -0.3 is 23.8 Å². The molecule has 2 saturated heterocycles. The van der Waals surface area contributed by atoms with Gasteiger partial charge in [-0.3, -0.25) is 9.69 Å². The number of morpholine rings is 1. The number of amides is 1. The number of carbonyl (C=O) groups excluding carboxylic acids is 1. The summed E-state index contributed by atoms with van der Waals surface area (Å²) in [6, 6.07) is 3.69. The standard InChI is InChI=1S/C19H28N2O5S/c1-23-14-12-15(24-2)18(16(13-14)25-3)19-21(17(22)4-11-27-19)6-5-20-7-9-26-10-8-20/h12-13,19H,4-11H2,1-3H3. The van der Waals surface area contributed by atoms with Gasteiger partial charge in [-0.25, -0.2) is 0 Å². The normalized spacial score (nSPS) is 21.2. The maximum Gasteiger partial charge on any atom is 0.224 e. The summed E-state index contributed by atoms with van der Waals surface area (Å²) in [4.78, 5) is 17.0. The van der Waals surface area contributed by atoms with Gasteiger partial charge in [0.05, 0.1) is 40.1 Å². The van der Waals surface area contributed by atoms with Gasteiger partial charge in [-0.15, -0.1) is 11.8 Å². The van der Waals surface area contributed by atoms with Crippen LogP contribution in [0.5, 0.6) is 17.2 Å². The highest BCUT2D eigenvalue weighted by molar-refractivity contribution is 7.99. The summed E-state index contributed by atoms with van der Waals surface area (Å²) in [6.45, 7) is 4.85. The van der Waals surface area contributed by atoms with Crippen molar-refractivity contribution in [1.29, 1.82) is 0 Å². The highest BCUT2D eigenvalue weighted by Gasteiger charge is 2.34.